The van der Waals surface area contributed by atoms with Gasteiger partial charge in [0.1, 0.15) is 0 Å². The number of ether oxygens (including phenoxy) is 1. The summed E-state index contributed by atoms with van der Waals surface area (Å²) in [6.07, 6.45) is 0. The number of methoxy groups -OCH3 is 1. The Labute approximate surface area is 90.4 Å². The van der Waals surface area contributed by atoms with Gasteiger partial charge in [-0.15, -0.1) is 0 Å². The molecule has 3 nitrogen and oxygen atoms in total. The van der Waals surface area contributed by atoms with Crippen molar-refractivity contribution in [1.29, 1.82) is 5.26 Å². The average molecular weight is 254 g/mol. The molecule has 0 aliphatic rings. The topological polar surface area (TPSA) is 50.1 Å². The highest BCUT2D eigenvalue weighted by Crippen LogP contribution is 2.19. The molecule has 0 aromatic heterocycles. The van der Waals surface area contributed by atoms with Crippen molar-refractivity contribution in [3.8, 4) is 6.07 Å². The van der Waals surface area contributed by atoms with E-state index in [4.69, 9.17) is 5.26 Å². The lowest BCUT2D eigenvalue weighted by atomic mass is 10.0. The first-order chi connectivity index (χ1) is 6.69. The van der Waals surface area contributed by atoms with E-state index in [0.717, 1.165) is 4.47 Å². The van der Waals surface area contributed by atoms with Gasteiger partial charge in [0.25, 0.3) is 0 Å². The summed E-state index contributed by atoms with van der Waals surface area (Å²) in [4.78, 5) is 11.2. The van der Waals surface area contributed by atoms with Crippen LogP contribution in [0.25, 0.3) is 0 Å². The summed E-state index contributed by atoms with van der Waals surface area (Å²) in [6, 6.07) is 8.89. The largest absolute Gasteiger partial charge is 0.468 e. The molecule has 4 heteroatoms. The second-order valence-electron chi connectivity index (χ2n) is 2.64. The molecule has 0 saturated heterocycles. The zero-order valence-electron chi connectivity index (χ0n) is 7.53. The molecule has 0 N–H and O–H groups in total. The fourth-order valence-corrected chi connectivity index (χ4v) is 1.30. The molecule has 72 valence electrons. The second kappa shape index (κ2) is 4.77. The fourth-order valence-electron chi connectivity index (χ4n) is 1.04. The van der Waals surface area contributed by atoms with Gasteiger partial charge in [0.2, 0.25) is 0 Å². The third-order valence-electron chi connectivity index (χ3n) is 1.77. The van der Waals surface area contributed by atoms with E-state index in [0.29, 0.717) is 5.56 Å². The van der Waals surface area contributed by atoms with E-state index in [1.807, 2.05) is 6.07 Å². The van der Waals surface area contributed by atoms with Gasteiger partial charge in [-0.2, -0.15) is 5.26 Å². The van der Waals surface area contributed by atoms with E-state index in [9.17, 15) is 4.79 Å². The van der Waals surface area contributed by atoms with Crippen LogP contribution in [0.15, 0.2) is 28.7 Å². The highest BCUT2D eigenvalue weighted by Gasteiger charge is 2.20. The Morgan fingerprint density at radius 1 is 1.50 bits per heavy atom. The number of nitrogens with zero attached hydrogens (tertiary/aromatic N) is 1. The maximum atomic E-state index is 11.2. The zero-order chi connectivity index (χ0) is 10.6. The van der Waals surface area contributed by atoms with E-state index in [-0.39, 0.29) is 0 Å². The minimum Gasteiger partial charge on any atom is -0.468 e. The smallest absolute Gasteiger partial charge is 0.327 e. The number of rotatable bonds is 2. The van der Waals surface area contributed by atoms with E-state index in [2.05, 4.69) is 20.7 Å². The average Bonchev–Trinajstić information content (AvgIpc) is 2.21. The molecule has 0 heterocycles. The lowest BCUT2D eigenvalue weighted by molar-refractivity contribution is -0.140. The molecule has 14 heavy (non-hydrogen) atoms. The van der Waals surface area contributed by atoms with Crippen molar-refractivity contribution in [2.45, 2.75) is 5.92 Å². The van der Waals surface area contributed by atoms with Crippen LogP contribution < -0.4 is 0 Å². The molecule has 1 atom stereocenters. The van der Waals surface area contributed by atoms with E-state index in [1.165, 1.54) is 7.11 Å². The summed E-state index contributed by atoms with van der Waals surface area (Å²) in [5.41, 5.74) is 0.641. The van der Waals surface area contributed by atoms with Crippen molar-refractivity contribution in [3.63, 3.8) is 0 Å². The lowest BCUT2D eigenvalue weighted by Crippen LogP contribution is -2.12. The monoisotopic (exact) mass is 253 g/mol. The van der Waals surface area contributed by atoms with Gasteiger partial charge in [-0.05, 0) is 17.7 Å². The Kier molecular flexibility index (Phi) is 3.66. The molecule has 1 rings (SSSR count). The van der Waals surface area contributed by atoms with Crippen LogP contribution in [0.2, 0.25) is 0 Å². The van der Waals surface area contributed by atoms with Gasteiger partial charge in [0.05, 0.1) is 13.2 Å². The molecule has 0 amide bonds. The van der Waals surface area contributed by atoms with Crippen LogP contribution in [0.3, 0.4) is 0 Å². The Balaban J connectivity index is 2.97. The predicted molar refractivity (Wildman–Crippen MR) is 54.5 cm³/mol. The van der Waals surface area contributed by atoms with Crippen LogP contribution in [0.1, 0.15) is 11.5 Å². The highest BCUT2D eigenvalue weighted by molar-refractivity contribution is 9.10. The van der Waals surface area contributed by atoms with E-state index < -0.39 is 11.9 Å². The van der Waals surface area contributed by atoms with Crippen molar-refractivity contribution in [1.82, 2.24) is 0 Å². The third-order valence-corrected chi connectivity index (χ3v) is 2.30. The zero-order valence-corrected chi connectivity index (χ0v) is 9.11. The lowest BCUT2D eigenvalue weighted by Gasteiger charge is -2.06. The van der Waals surface area contributed by atoms with Gasteiger partial charge < -0.3 is 4.74 Å². The minimum absolute atomic E-state index is 0.533. The maximum Gasteiger partial charge on any atom is 0.327 e. The van der Waals surface area contributed by atoms with Crippen LogP contribution in [-0.4, -0.2) is 13.1 Å². The molecule has 0 bridgehead atoms. The Morgan fingerprint density at radius 2 is 2.07 bits per heavy atom. The van der Waals surface area contributed by atoms with Crippen molar-refractivity contribution in [2.75, 3.05) is 7.11 Å². The molecule has 1 aromatic rings. The summed E-state index contributed by atoms with van der Waals surface area (Å²) in [5, 5.41) is 8.79. The standard InChI is InChI=1S/C10H8BrNO2/c1-14-10(13)9(6-12)7-2-4-8(11)5-3-7/h2-5,9H,1H3. The van der Waals surface area contributed by atoms with Crippen molar-refractivity contribution in [3.05, 3.63) is 34.3 Å². The predicted octanol–water partition coefficient (Wildman–Crippen LogP) is 2.23. The quantitative estimate of drug-likeness (QED) is 0.760. The number of carbonyl (C=O) groups excluding carboxylic acids is 1. The van der Waals surface area contributed by atoms with Crippen LogP contribution >= 0.6 is 15.9 Å². The van der Waals surface area contributed by atoms with E-state index in [1.54, 1.807) is 24.3 Å². The van der Waals surface area contributed by atoms with Crippen molar-refractivity contribution < 1.29 is 9.53 Å². The van der Waals surface area contributed by atoms with Gasteiger partial charge in [0.15, 0.2) is 5.92 Å². The Hall–Kier alpha value is -1.34. The number of hydrogen-bond acceptors (Lipinski definition) is 3. The number of esters is 1. The molecule has 0 fully saturated rings. The van der Waals surface area contributed by atoms with Crippen molar-refractivity contribution >= 4 is 21.9 Å². The molecular formula is C10H8BrNO2. The Morgan fingerprint density at radius 3 is 2.50 bits per heavy atom. The second-order valence-corrected chi connectivity index (χ2v) is 3.55. The Bertz CT molecular complexity index is 367. The maximum absolute atomic E-state index is 11.2. The molecule has 0 radical (unpaired) electrons. The van der Waals surface area contributed by atoms with Crippen LogP contribution in [0.4, 0.5) is 0 Å². The number of benzene rings is 1. The number of nitriles is 1. The fraction of sp³-hybridized carbons (Fsp3) is 0.200. The molecule has 0 aliphatic carbocycles. The van der Waals surface area contributed by atoms with Crippen LogP contribution in [0, 0.1) is 11.3 Å². The summed E-state index contributed by atoms with van der Waals surface area (Å²) < 4.78 is 5.42. The highest BCUT2D eigenvalue weighted by atomic mass is 79.9. The minimum atomic E-state index is -0.840. The van der Waals surface area contributed by atoms with Crippen molar-refractivity contribution in [2.24, 2.45) is 0 Å². The molecule has 1 unspecified atom stereocenters. The van der Waals surface area contributed by atoms with Crippen LogP contribution in [-0.2, 0) is 9.53 Å². The van der Waals surface area contributed by atoms with Gasteiger partial charge in [-0.25, -0.2) is 0 Å². The summed E-state index contributed by atoms with van der Waals surface area (Å²) >= 11 is 3.27. The molecule has 1 aromatic carbocycles. The first kappa shape index (κ1) is 10.7. The summed E-state index contributed by atoms with van der Waals surface area (Å²) in [5.74, 6) is -1.37. The number of halogens is 1. The number of hydrogen-bond donors (Lipinski definition) is 0. The molecule has 0 spiro atoms. The molecular weight excluding hydrogens is 246 g/mol. The SMILES string of the molecule is COC(=O)C(C#N)c1ccc(Br)cc1. The molecule has 0 aliphatic heterocycles. The van der Waals surface area contributed by atoms with Gasteiger partial charge in [0, 0.05) is 4.47 Å². The third kappa shape index (κ3) is 2.33. The van der Waals surface area contributed by atoms with Gasteiger partial charge in [-0.1, -0.05) is 28.1 Å². The summed E-state index contributed by atoms with van der Waals surface area (Å²) in [6.45, 7) is 0. The number of carbonyl (C=O) groups is 1. The van der Waals surface area contributed by atoms with E-state index >= 15 is 0 Å². The summed E-state index contributed by atoms with van der Waals surface area (Å²) in [7, 11) is 1.27. The van der Waals surface area contributed by atoms with Gasteiger partial charge in [-0.3, -0.25) is 4.79 Å². The molecule has 0 saturated carbocycles. The first-order valence-corrected chi connectivity index (χ1v) is 4.71. The van der Waals surface area contributed by atoms with Gasteiger partial charge >= 0.3 is 5.97 Å². The first-order valence-electron chi connectivity index (χ1n) is 3.92. The van der Waals surface area contributed by atoms with Crippen LogP contribution in [0.5, 0.6) is 0 Å². The normalized spacial score (nSPS) is 11.5.